The summed E-state index contributed by atoms with van der Waals surface area (Å²) in [5.41, 5.74) is 1.99. The zero-order valence-electron chi connectivity index (χ0n) is 15.8. The number of hydrogen-bond acceptors (Lipinski definition) is 5. The van der Waals surface area contributed by atoms with Crippen molar-refractivity contribution in [3.8, 4) is 17.2 Å². The molecule has 0 aromatic heterocycles. The van der Waals surface area contributed by atoms with Gasteiger partial charge < -0.3 is 19.5 Å². The Morgan fingerprint density at radius 1 is 0.931 bits per heavy atom. The first kappa shape index (κ1) is 18.6. The van der Waals surface area contributed by atoms with Crippen molar-refractivity contribution < 1.29 is 23.8 Å². The molecule has 6 nitrogen and oxygen atoms in total. The first-order valence-corrected chi connectivity index (χ1v) is 9.12. The van der Waals surface area contributed by atoms with Crippen molar-refractivity contribution >= 4 is 17.6 Å². The lowest BCUT2D eigenvalue weighted by Gasteiger charge is -2.26. The number of ether oxygens (including phenoxy) is 3. The first-order valence-electron chi connectivity index (χ1n) is 9.12. The van der Waals surface area contributed by atoms with Gasteiger partial charge in [0.05, 0.1) is 7.11 Å². The van der Waals surface area contributed by atoms with Crippen LogP contribution in [0.1, 0.15) is 17.0 Å². The number of nitrogens with one attached hydrogen (secondary N) is 1. The zero-order chi connectivity index (χ0) is 20.2. The highest BCUT2D eigenvalue weighted by Gasteiger charge is 2.33. The number of para-hydroxylation sites is 2. The van der Waals surface area contributed by atoms with Crippen LogP contribution in [0, 0.1) is 0 Å². The Bertz CT molecular complexity index is 1020. The van der Waals surface area contributed by atoms with E-state index in [9.17, 15) is 9.59 Å². The summed E-state index contributed by atoms with van der Waals surface area (Å²) < 4.78 is 16.4. The van der Waals surface area contributed by atoms with Crippen molar-refractivity contribution in [1.82, 2.24) is 0 Å². The summed E-state index contributed by atoms with van der Waals surface area (Å²) in [6, 6.07) is 21.6. The van der Waals surface area contributed by atoms with Gasteiger partial charge in [0, 0.05) is 22.9 Å². The van der Waals surface area contributed by atoms with Crippen LogP contribution in [0.4, 0.5) is 5.69 Å². The zero-order valence-corrected chi connectivity index (χ0v) is 15.8. The standard InChI is InChI=1S/C23H19NO5/c1-27-16-8-6-7-15(13-16)24-21(25)14-28-23(26)22-17-9-2-4-11-19(17)29-20-12-5-3-10-18(20)22/h2-13,22H,14H2,1H3,(H,24,25). The molecule has 0 saturated carbocycles. The van der Waals surface area contributed by atoms with E-state index in [4.69, 9.17) is 14.2 Å². The number of anilines is 1. The molecule has 0 atom stereocenters. The molecule has 0 bridgehead atoms. The molecule has 1 amide bonds. The molecule has 6 heteroatoms. The van der Waals surface area contributed by atoms with Gasteiger partial charge in [-0.3, -0.25) is 9.59 Å². The number of hydrogen-bond donors (Lipinski definition) is 1. The van der Waals surface area contributed by atoms with Gasteiger partial charge in [-0.05, 0) is 24.3 Å². The van der Waals surface area contributed by atoms with Crippen molar-refractivity contribution in [3.05, 3.63) is 83.9 Å². The van der Waals surface area contributed by atoms with Gasteiger partial charge in [-0.1, -0.05) is 42.5 Å². The van der Waals surface area contributed by atoms with E-state index in [0.29, 0.717) is 34.1 Å². The SMILES string of the molecule is COc1cccc(NC(=O)COC(=O)C2c3ccccc3Oc3ccccc32)c1. The topological polar surface area (TPSA) is 73.9 Å². The Balaban J connectivity index is 1.48. The van der Waals surface area contributed by atoms with E-state index in [1.54, 1.807) is 43.5 Å². The summed E-state index contributed by atoms with van der Waals surface area (Å²) in [5, 5.41) is 2.69. The third-order valence-corrected chi connectivity index (χ3v) is 4.61. The quantitative estimate of drug-likeness (QED) is 0.665. The molecule has 4 rings (SSSR count). The number of methoxy groups -OCH3 is 1. The maximum Gasteiger partial charge on any atom is 0.318 e. The van der Waals surface area contributed by atoms with Gasteiger partial charge in [0.1, 0.15) is 23.2 Å². The number of rotatable bonds is 5. The Kier molecular flexibility index (Phi) is 5.16. The van der Waals surface area contributed by atoms with E-state index in [0.717, 1.165) is 0 Å². The third kappa shape index (κ3) is 3.91. The molecule has 3 aromatic rings. The highest BCUT2D eigenvalue weighted by molar-refractivity contribution is 5.94. The highest BCUT2D eigenvalue weighted by Crippen LogP contribution is 2.44. The summed E-state index contributed by atoms with van der Waals surface area (Å²) in [6.07, 6.45) is 0. The minimum atomic E-state index is -0.652. The molecule has 1 aliphatic rings. The fourth-order valence-electron chi connectivity index (χ4n) is 3.28. The second kappa shape index (κ2) is 8.06. The minimum Gasteiger partial charge on any atom is -0.497 e. The maximum atomic E-state index is 12.9. The van der Waals surface area contributed by atoms with Gasteiger partial charge in [-0.25, -0.2) is 0 Å². The van der Waals surface area contributed by atoms with Gasteiger partial charge in [-0.2, -0.15) is 0 Å². The molecule has 0 aliphatic carbocycles. The molecule has 3 aromatic carbocycles. The monoisotopic (exact) mass is 389 g/mol. The van der Waals surface area contributed by atoms with E-state index >= 15 is 0 Å². The third-order valence-electron chi connectivity index (χ3n) is 4.61. The van der Waals surface area contributed by atoms with E-state index in [-0.39, 0.29) is 0 Å². The normalized spacial score (nSPS) is 12.2. The molecule has 1 aliphatic heterocycles. The average Bonchev–Trinajstić information content (AvgIpc) is 2.76. The predicted octanol–water partition coefficient (Wildman–Crippen LogP) is 4.11. The van der Waals surface area contributed by atoms with Crippen LogP contribution < -0.4 is 14.8 Å². The number of fused-ring (bicyclic) bond motifs is 2. The number of benzene rings is 3. The van der Waals surface area contributed by atoms with Crippen LogP contribution in [-0.2, 0) is 14.3 Å². The summed E-state index contributed by atoms with van der Waals surface area (Å²) in [5.74, 6) is 0.244. The largest absolute Gasteiger partial charge is 0.497 e. The van der Waals surface area contributed by atoms with E-state index in [1.807, 2.05) is 36.4 Å². The van der Waals surface area contributed by atoms with Gasteiger partial charge in [0.2, 0.25) is 0 Å². The van der Waals surface area contributed by atoms with Crippen molar-refractivity contribution in [2.24, 2.45) is 0 Å². The molecule has 0 radical (unpaired) electrons. The number of amides is 1. The second-order valence-corrected chi connectivity index (χ2v) is 6.50. The molecule has 0 fully saturated rings. The minimum absolute atomic E-state index is 0.391. The molecular formula is C23H19NO5. The Labute approximate surface area is 168 Å². The van der Waals surface area contributed by atoms with E-state index in [1.165, 1.54) is 0 Å². The second-order valence-electron chi connectivity index (χ2n) is 6.50. The van der Waals surface area contributed by atoms with Gasteiger partial charge in [0.25, 0.3) is 5.91 Å². The lowest BCUT2D eigenvalue weighted by atomic mass is 9.88. The van der Waals surface area contributed by atoms with Gasteiger partial charge in [0.15, 0.2) is 6.61 Å². The van der Waals surface area contributed by atoms with Crippen molar-refractivity contribution in [3.63, 3.8) is 0 Å². The Hall–Kier alpha value is -3.80. The molecule has 0 spiro atoms. The highest BCUT2D eigenvalue weighted by atomic mass is 16.5. The van der Waals surface area contributed by atoms with Gasteiger partial charge in [-0.15, -0.1) is 0 Å². The van der Waals surface area contributed by atoms with Gasteiger partial charge >= 0.3 is 5.97 Å². The molecule has 1 heterocycles. The van der Waals surface area contributed by atoms with Crippen LogP contribution >= 0.6 is 0 Å². The maximum absolute atomic E-state index is 12.9. The number of esters is 1. The first-order chi connectivity index (χ1) is 14.2. The Morgan fingerprint density at radius 3 is 2.24 bits per heavy atom. The predicted molar refractivity (Wildman–Crippen MR) is 107 cm³/mol. The number of carbonyl (C=O) groups excluding carboxylic acids is 2. The summed E-state index contributed by atoms with van der Waals surface area (Å²) >= 11 is 0. The van der Waals surface area contributed by atoms with Crippen LogP contribution in [0.5, 0.6) is 17.2 Å². The van der Waals surface area contributed by atoms with E-state index < -0.39 is 24.4 Å². The molecule has 29 heavy (non-hydrogen) atoms. The smallest absolute Gasteiger partial charge is 0.318 e. The fourth-order valence-corrected chi connectivity index (χ4v) is 3.28. The van der Waals surface area contributed by atoms with Crippen molar-refractivity contribution in [1.29, 1.82) is 0 Å². The molecule has 0 unspecified atom stereocenters. The van der Waals surface area contributed by atoms with Crippen LogP contribution in [-0.4, -0.2) is 25.6 Å². The van der Waals surface area contributed by atoms with Crippen LogP contribution in [0.2, 0.25) is 0 Å². The lowest BCUT2D eigenvalue weighted by Crippen LogP contribution is -2.26. The molecule has 0 saturated heterocycles. The van der Waals surface area contributed by atoms with Crippen molar-refractivity contribution in [2.45, 2.75) is 5.92 Å². The van der Waals surface area contributed by atoms with Crippen LogP contribution in [0.3, 0.4) is 0 Å². The summed E-state index contributed by atoms with van der Waals surface area (Å²) in [7, 11) is 1.55. The lowest BCUT2D eigenvalue weighted by molar-refractivity contribution is -0.148. The average molecular weight is 389 g/mol. The molecular weight excluding hydrogens is 370 g/mol. The number of carbonyl (C=O) groups is 2. The van der Waals surface area contributed by atoms with Crippen molar-refractivity contribution in [2.75, 3.05) is 19.0 Å². The molecule has 146 valence electrons. The van der Waals surface area contributed by atoms with Crippen LogP contribution in [0.25, 0.3) is 0 Å². The van der Waals surface area contributed by atoms with E-state index in [2.05, 4.69) is 5.32 Å². The van der Waals surface area contributed by atoms with Crippen LogP contribution in [0.15, 0.2) is 72.8 Å². The fraction of sp³-hybridized carbons (Fsp3) is 0.130. The summed E-state index contributed by atoms with van der Waals surface area (Å²) in [6.45, 7) is -0.391. The molecule has 1 N–H and O–H groups in total. The summed E-state index contributed by atoms with van der Waals surface area (Å²) in [4.78, 5) is 25.1. The Morgan fingerprint density at radius 2 is 1.59 bits per heavy atom.